The van der Waals surface area contributed by atoms with Gasteiger partial charge in [-0.2, -0.15) is 0 Å². The normalized spacial score (nSPS) is 11.5. The van der Waals surface area contributed by atoms with Gasteiger partial charge >= 0.3 is 0 Å². The Labute approximate surface area is 235 Å². The van der Waals surface area contributed by atoms with Crippen LogP contribution in [0, 0.1) is 12.4 Å². The lowest BCUT2D eigenvalue weighted by Crippen LogP contribution is -1.98. The maximum absolute atomic E-state index is 14.8. The first-order valence-electron chi connectivity index (χ1n) is 13.5. The fourth-order valence-corrected chi connectivity index (χ4v) is 6.34. The summed E-state index contributed by atoms with van der Waals surface area (Å²) in [4.78, 5) is 3.83. The van der Waals surface area contributed by atoms with E-state index in [1.807, 2.05) is 36.4 Å². The number of rotatable bonds is 3. The molecule has 4 heteroatoms. The summed E-state index contributed by atoms with van der Waals surface area (Å²) in [5, 5.41) is 4.30. The Balaban J connectivity index is 1.58. The van der Waals surface area contributed by atoms with E-state index in [0.29, 0.717) is 5.69 Å². The second-order valence-corrected chi connectivity index (χ2v) is 10.2. The molecule has 2 heterocycles. The lowest BCUT2D eigenvalue weighted by Gasteiger charge is -2.15. The Morgan fingerprint density at radius 2 is 1.12 bits per heavy atom. The van der Waals surface area contributed by atoms with Crippen molar-refractivity contribution in [3.05, 3.63) is 151 Å². The molecular weight excluding hydrogens is 505 g/mol. The summed E-state index contributed by atoms with van der Waals surface area (Å²) in [6.07, 6.45) is 0. The Bertz CT molecular complexity index is 2340. The number of nitrogens with zero attached hydrogens (tertiary/aromatic N) is 3. The molecule has 0 saturated carbocycles. The van der Waals surface area contributed by atoms with Crippen LogP contribution in [-0.4, -0.2) is 9.13 Å². The third-order valence-electron chi connectivity index (χ3n) is 7.99. The molecule has 0 fully saturated rings. The summed E-state index contributed by atoms with van der Waals surface area (Å²) in [5.41, 5.74) is 8.34. The molecule has 0 aliphatic heterocycles. The standard InChI is InChI=1S/C37H22FN3/c1-39-32-18-6-8-20-34(32)41-35-23-24(38)21-22-27(35)29-15-10-17-31(37(29)41)30-16-9-14-28-26-13-5-7-19-33(26)40(36(28)30)25-11-3-2-4-12-25/h2-23H. The van der Waals surface area contributed by atoms with Crippen molar-refractivity contribution in [2.24, 2.45) is 0 Å². The van der Waals surface area contributed by atoms with Gasteiger partial charge in [0.25, 0.3) is 0 Å². The average Bonchev–Trinajstić information content (AvgIpc) is 3.54. The summed E-state index contributed by atoms with van der Waals surface area (Å²) in [7, 11) is 0. The van der Waals surface area contributed by atoms with Crippen LogP contribution in [0.2, 0.25) is 0 Å². The molecule has 192 valence electrons. The molecule has 0 bridgehead atoms. The minimum absolute atomic E-state index is 0.310. The summed E-state index contributed by atoms with van der Waals surface area (Å²) in [6.45, 7) is 7.89. The third-order valence-corrected chi connectivity index (χ3v) is 7.99. The number of benzene rings is 6. The van der Waals surface area contributed by atoms with Gasteiger partial charge in [0.1, 0.15) is 5.82 Å². The topological polar surface area (TPSA) is 14.2 Å². The van der Waals surface area contributed by atoms with Crippen LogP contribution in [0.4, 0.5) is 10.1 Å². The van der Waals surface area contributed by atoms with Gasteiger partial charge in [0.2, 0.25) is 5.69 Å². The summed E-state index contributed by atoms with van der Waals surface area (Å²) in [6, 6.07) is 44.1. The molecule has 0 aliphatic carbocycles. The van der Waals surface area contributed by atoms with Crippen LogP contribution in [0.1, 0.15) is 0 Å². The van der Waals surface area contributed by atoms with E-state index in [4.69, 9.17) is 6.57 Å². The molecule has 2 aromatic heterocycles. The fraction of sp³-hybridized carbons (Fsp3) is 0. The number of hydrogen-bond acceptors (Lipinski definition) is 0. The van der Waals surface area contributed by atoms with Crippen LogP contribution in [0.5, 0.6) is 0 Å². The van der Waals surface area contributed by atoms with Crippen molar-refractivity contribution in [3.63, 3.8) is 0 Å². The molecule has 0 aliphatic rings. The fourth-order valence-electron chi connectivity index (χ4n) is 6.34. The summed E-state index contributed by atoms with van der Waals surface area (Å²) in [5.74, 6) is -0.310. The van der Waals surface area contributed by atoms with E-state index in [-0.39, 0.29) is 5.82 Å². The number of hydrogen-bond donors (Lipinski definition) is 0. The monoisotopic (exact) mass is 527 g/mol. The molecule has 0 amide bonds. The first-order chi connectivity index (χ1) is 20.2. The summed E-state index contributed by atoms with van der Waals surface area (Å²) >= 11 is 0. The smallest absolute Gasteiger partial charge is 0.210 e. The van der Waals surface area contributed by atoms with E-state index in [1.165, 1.54) is 11.5 Å². The van der Waals surface area contributed by atoms with Crippen LogP contribution in [0.3, 0.4) is 0 Å². The lowest BCUT2D eigenvalue weighted by molar-refractivity contribution is 0.629. The maximum Gasteiger partial charge on any atom is 0.210 e. The van der Waals surface area contributed by atoms with Gasteiger partial charge in [-0.15, -0.1) is 0 Å². The predicted molar refractivity (Wildman–Crippen MR) is 167 cm³/mol. The van der Waals surface area contributed by atoms with Crippen molar-refractivity contribution in [2.75, 3.05) is 0 Å². The number of fused-ring (bicyclic) bond motifs is 6. The van der Waals surface area contributed by atoms with Crippen LogP contribution >= 0.6 is 0 Å². The first kappa shape index (κ1) is 23.2. The van der Waals surface area contributed by atoms with Gasteiger partial charge in [-0.3, -0.25) is 0 Å². The van der Waals surface area contributed by atoms with Crippen molar-refractivity contribution in [1.82, 2.24) is 9.13 Å². The van der Waals surface area contributed by atoms with Gasteiger partial charge in [-0.25, -0.2) is 9.24 Å². The molecule has 0 N–H and O–H groups in total. The molecule has 0 unspecified atom stereocenters. The van der Waals surface area contributed by atoms with Gasteiger partial charge in [0.05, 0.1) is 34.3 Å². The zero-order valence-corrected chi connectivity index (χ0v) is 21.9. The van der Waals surface area contributed by atoms with Crippen LogP contribution in [0.25, 0.3) is 71.0 Å². The van der Waals surface area contributed by atoms with Crippen molar-refractivity contribution in [3.8, 4) is 22.5 Å². The minimum atomic E-state index is -0.310. The summed E-state index contributed by atoms with van der Waals surface area (Å²) < 4.78 is 19.1. The Morgan fingerprint density at radius 1 is 0.512 bits per heavy atom. The molecule has 41 heavy (non-hydrogen) atoms. The number of halogens is 1. The van der Waals surface area contributed by atoms with Crippen LogP contribution in [0.15, 0.2) is 133 Å². The van der Waals surface area contributed by atoms with E-state index in [9.17, 15) is 4.39 Å². The van der Waals surface area contributed by atoms with E-state index in [1.54, 1.807) is 6.07 Å². The molecular formula is C37H22FN3. The largest absolute Gasteiger partial charge is 0.318 e. The highest BCUT2D eigenvalue weighted by Gasteiger charge is 2.22. The molecule has 0 radical (unpaired) electrons. The highest BCUT2D eigenvalue weighted by molar-refractivity contribution is 6.19. The molecule has 8 rings (SSSR count). The van der Waals surface area contributed by atoms with Gasteiger partial charge in [0.15, 0.2) is 0 Å². The zero-order valence-electron chi connectivity index (χ0n) is 21.9. The van der Waals surface area contributed by atoms with E-state index < -0.39 is 0 Å². The SMILES string of the molecule is [C-]#[N+]c1ccccc1-n1c2cc(F)ccc2c2cccc(-c3cccc4c5ccccc5n(-c5ccccc5)c34)c21. The minimum Gasteiger partial charge on any atom is -0.318 e. The molecule has 3 nitrogen and oxygen atoms in total. The van der Waals surface area contributed by atoms with Crippen molar-refractivity contribution in [1.29, 1.82) is 0 Å². The van der Waals surface area contributed by atoms with Gasteiger partial charge in [0, 0.05) is 38.4 Å². The molecule has 8 aromatic rings. The third kappa shape index (κ3) is 3.36. The molecule has 0 saturated heterocycles. The second kappa shape index (κ2) is 8.94. The predicted octanol–water partition coefficient (Wildman–Crippen LogP) is 10.2. The lowest BCUT2D eigenvalue weighted by atomic mass is 9.99. The Hall–Kier alpha value is -5.66. The van der Waals surface area contributed by atoms with Gasteiger partial charge in [-0.1, -0.05) is 91.0 Å². The van der Waals surface area contributed by atoms with Crippen molar-refractivity contribution >= 4 is 49.3 Å². The highest BCUT2D eigenvalue weighted by atomic mass is 19.1. The van der Waals surface area contributed by atoms with E-state index >= 15 is 0 Å². The second-order valence-electron chi connectivity index (χ2n) is 10.2. The average molecular weight is 528 g/mol. The highest BCUT2D eigenvalue weighted by Crippen LogP contribution is 2.44. The van der Waals surface area contributed by atoms with Crippen molar-refractivity contribution < 1.29 is 4.39 Å². The zero-order chi connectivity index (χ0) is 27.5. The van der Waals surface area contributed by atoms with Crippen LogP contribution < -0.4 is 0 Å². The number of aromatic nitrogens is 2. The van der Waals surface area contributed by atoms with Crippen molar-refractivity contribution in [2.45, 2.75) is 0 Å². The molecule has 6 aromatic carbocycles. The quantitative estimate of drug-likeness (QED) is 0.203. The number of para-hydroxylation sites is 6. The molecule has 0 spiro atoms. The first-order valence-corrected chi connectivity index (χ1v) is 13.5. The molecule has 0 atom stereocenters. The Kier molecular flexibility index (Phi) is 5.07. The van der Waals surface area contributed by atoms with Gasteiger partial charge in [-0.05, 0) is 42.5 Å². The van der Waals surface area contributed by atoms with Gasteiger partial charge < -0.3 is 9.13 Å². The van der Waals surface area contributed by atoms with E-state index in [0.717, 1.165) is 60.7 Å². The Morgan fingerprint density at radius 3 is 1.88 bits per heavy atom. The maximum atomic E-state index is 14.8. The van der Waals surface area contributed by atoms with Crippen LogP contribution in [-0.2, 0) is 0 Å². The van der Waals surface area contributed by atoms with E-state index in [2.05, 4.69) is 98.9 Å².